The normalized spacial score (nSPS) is 21.3. The minimum Gasteiger partial charge on any atom is -0.335 e. The van der Waals surface area contributed by atoms with Crippen molar-refractivity contribution < 1.29 is 28.0 Å². The van der Waals surface area contributed by atoms with Crippen molar-refractivity contribution in [3.05, 3.63) is 0 Å². The van der Waals surface area contributed by atoms with Gasteiger partial charge in [-0.15, -0.1) is 4.41 Å². The number of carbonyl (C=O) groups is 3. The highest BCUT2D eigenvalue weighted by Crippen LogP contribution is 2.31. The van der Waals surface area contributed by atoms with Gasteiger partial charge in [-0.05, 0) is 24.7 Å². The van der Waals surface area contributed by atoms with E-state index in [1.54, 1.807) is 5.48 Å². The molecule has 11 heteroatoms. The SMILES string of the molecule is CC(C)CC(C(=O)NN1C(=O)NCCS1(=O)=O)C(CCCC1CCCCC1)C(=O)NO. The van der Waals surface area contributed by atoms with Crippen LogP contribution < -0.4 is 16.2 Å². The molecule has 10 nitrogen and oxygen atoms in total. The molecule has 2 rings (SSSR count). The first-order chi connectivity index (χ1) is 14.7. The van der Waals surface area contributed by atoms with Crippen LogP contribution in [0.1, 0.15) is 71.6 Å². The van der Waals surface area contributed by atoms with Gasteiger partial charge < -0.3 is 5.32 Å². The van der Waals surface area contributed by atoms with E-state index >= 15 is 0 Å². The van der Waals surface area contributed by atoms with Crippen LogP contribution in [0.25, 0.3) is 0 Å². The number of amides is 4. The van der Waals surface area contributed by atoms with Crippen LogP contribution in [0.2, 0.25) is 0 Å². The second-order valence-corrected chi connectivity index (χ2v) is 11.0. The summed E-state index contributed by atoms with van der Waals surface area (Å²) in [7, 11) is -3.97. The van der Waals surface area contributed by atoms with Gasteiger partial charge in [-0.1, -0.05) is 58.8 Å². The Morgan fingerprint density at radius 3 is 2.42 bits per heavy atom. The second-order valence-electron chi connectivity index (χ2n) is 9.04. The highest BCUT2D eigenvalue weighted by atomic mass is 32.2. The number of nitrogens with zero attached hydrogens (tertiary/aromatic N) is 1. The summed E-state index contributed by atoms with van der Waals surface area (Å²) in [6, 6.07) is -0.927. The third kappa shape index (κ3) is 7.34. The van der Waals surface area contributed by atoms with E-state index in [9.17, 15) is 28.0 Å². The molecule has 1 aliphatic carbocycles. The number of hydrogen-bond acceptors (Lipinski definition) is 6. The molecule has 1 aliphatic heterocycles. The summed E-state index contributed by atoms with van der Waals surface area (Å²) in [5.41, 5.74) is 3.86. The Labute approximate surface area is 184 Å². The molecular formula is C20H36N4O6S. The number of hydroxylamine groups is 1. The molecule has 4 amide bonds. The van der Waals surface area contributed by atoms with Crippen LogP contribution in [0.4, 0.5) is 4.79 Å². The van der Waals surface area contributed by atoms with Gasteiger partial charge >= 0.3 is 6.03 Å². The van der Waals surface area contributed by atoms with Crippen molar-refractivity contribution in [2.75, 3.05) is 12.3 Å². The number of sulfonamides is 1. The molecule has 4 N–H and O–H groups in total. The van der Waals surface area contributed by atoms with Crippen molar-refractivity contribution in [1.82, 2.24) is 20.6 Å². The first-order valence-corrected chi connectivity index (χ1v) is 12.8. The number of nitrogens with one attached hydrogen (secondary N) is 3. The lowest BCUT2D eigenvalue weighted by Gasteiger charge is -2.31. The van der Waals surface area contributed by atoms with E-state index < -0.39 is 39.7 Å². The van der Waals surface area contributed by atoms with Gasteiger partial charge in [-0.2, -0.15) is 0 Å². The summed E-state index contributed by atoms with van der Waals surface area (Å²) in [4.78, 5) is 37.5. The smallest absolute Gasteiger partial charge is 0.335 e. The van der Waals surface area contributed by atoms with Gasteiger partial charge in [0, 0.05) is 6.54 Å². The van der Waals surface area contributed by atoms with Gasteiger partial charge in [-0.3, -0.25) is 14.8 Å². The number of hydrogen-bond donors (Lipinski definition) is 4. The van der Waals surface area contributed by atoms with Crippen LogP contribution in [-0.2, 0) is 19.6 Å². The van der Waals surface area contributed by atoms with Crippen molar-refractivity contribution in [2.24, 2.45) is 23.7 Å². The number of rotatable bonds is 10. The molecule has 0 aromatic heterocycles. The Morgan fingerprint density at radius 2 is 1.84 bits per heavy atom. The van der Waals surface area contributed by atoms with E-state index in [-0.39, 0.29) is 18.2 Å². The largest absolute Gasteiger partial charge is 0.350 e. The molecule has 2 aliphatic rings. The summed E-state index contributed by atoms with van der Waals surface area (Å²) >= 11 is 0. The molecule has 2 fully saturated rings. The van der Waals surface area contributed by atoms with Crippen LogP contribution in [0.5, 0.6) is 0 Å². The average Bonchev–Trinajstić information content (AvgIpc) is 2.72. The Morgan fingerprint density at radius 1 is 1.16 bits per heavy atom. The summed E-state index contributed by atoms with van der Waals surface area (Å²) in [6.45, 7) is 3.75. The van der Waals surface area contributed by atoms with Gasteiger partial charge in [0.05, 0.1) is 17.6 Å². The maximum Gasteiger partial charge on any atom is 0.350 e. The molecule has 1 heterocycles. The summed E-state index contributed by atoms with van der Waals surface area (Å²) < 4.78 is 24.7. The van der Waals surface area contributed by atoms with E-state index in [4.69, 9.17) is 0 Å². The molecule has 0 aromatic rings. The molecule has 2 unspecified atom stereocenters. The van der Waals surface area contributed by atoms with Crippen LogP contribution in [0, 0.1) is 23.7 Å². The average molecular weight is 461 g/mol. The maximum atomic E-state index is 13.0. The zero-order valence-corrected chi connectivity index (χ0v) is 19.2. The van der Waals surface area contributed by atoms with E-state index in [2.05, 4.69) is 10.7 Å². The van der Waals surface area contributed by atoms with E-state index in [0.717, 1.165) is 12.8 Å². The Balaban J connectivity index is 2.12. The topological polar surface area (TPSA) is 145 Å². The summed E-state index contributed by atoms with van der Waals surface area (Å²) in [5, 5.41) is 11.6. The predicted molar refractivity (Wildman–Crippen MR) is 114 cm³/mol. The molecule has 0 radical (unpaired) electrons. The maximum absolute atomic E-state index is 13.0. The molecule has 0 spiro atoms. The molecule has 0 bridgehead atoms. The van der Waals surface area contributed by atoms with Crippen LogP contribution in [0.15, 0.2) is 0 Å². The highest BCUT2D eigenvalue weighted by molar-refractivity contribution is 7.89. The van der Waals surface area contributed by atoms with Gasteiger partial charge in [0.25, 0.3) is 10.0 Å². The molecule has 1 saturated carbocycles. The Bertz CT molecular complexity index is 736. The molecule has 31 heavy (non-hydrogen) atoms. The molecule has 0 aromatic carbocycles. The number of carbonyl (C=O) groups excluding carboxylic acids is 3. The second kappa shape index (κ2) is 11.7. The fourth-order valence-electron chi connectivity index (χ4n) is 4.54. The third-order valence-corrected chi connectivity index (χ3v) is 7.69. The quantitative estimate of drug-likeness (QED) is 0.289. The lowest BCUT2D eigenvalue weighted by Crippen LogP contribution is -2.60. The van der Waals surface area contributed by atoms with Gasteiger partial charge in [0.2, 0.25) is 11.8 Å². The summed E-state index contributed by atoms with van der Waals surface area (Å²) in [6.07, 6.45) is 8.43. The number of urea groups is 1. The van der Waals surface area contributed by atoms with Gasteiger partial charge in [-0.25, -0.2) is 24.1 Å². The van der Waals surface area contributed by atoms with E-state index in [1.807, 2.05) is 13.8 Å². The first kappa shape index (κ1) is 25.4. The van der Waals surface area contributed by atoms with Crippen LogP contribution in [0.3, 0.4) is 0 Å². The molecular weight excluding hydrogens is 424 g/mol. The first-order valence-electron chi connectivity index (χ1n) is 11.2. The monoisotopic (exact) mass is 460 g/mol. The van der Waals surface area contributed by atoms with Crippen molar-refractivity contribution in [3.8, 4) is 0 Å². The fraction of sp³-hybridized carbons (Fsp3) is 0.850. The van der Waals surface area contributed by atoms with Crippen LogP contribution in [-0.4, -0.2) is 48.2 Å². The summed E-state index contributed by atoms with van der Waals surface area (Å²) in [5.74, 6) is -2.78. The third-order valence-electron chi connectivity index (χ3n) is 6.16. The molecule has 178 valence electrons. The van der Waals surface area contributed by atoms with Crippen molar-refractivity contribution in [3.63, 3.8) is 0 Å². The van der Waals surface area contributed by atoms with Gasteiger partial charge in [0.15, 0.2) is 0 Å². The Hall–Kier alpha value is -1.88. The van der Waals surface area contributed by atoms with Crippen LogP contribution >= 0.6 is 0 Å². The Kier molecular flexibility index (Phi) is 9.54. The van der Waals surface area contributed by atoms with E-state index in [1.165, 1.54) is 32.1 Å². The standard InChI is InChI=1S/C20H36N4O6S/c1-14(2)13-17(18(25)22-24-20(27)21-11-12-31(24,29)30)16(19(26)23-28)10-6-9-15-7-4-3-5-8-15/h14-17,28H,3-13H2,1-2H3,(H,21,27)(H,22,25)(H,23,26). The molecule has 1 saturated heterocycles. The minimum atomic E-state index is -3.97. The van der Waals surface area contributed by atoms with Crippen molar-refractivity contribution >= 4 is 27.9 Å². The zero-order chi connectivity index (χ0) is 23.0. The predicted octanol–water partition coefficient (Wildman–Crippen LogP) is 1.91. The number of hydrazine groups is 1. The van der Waals surface area contributed by atoms with Gasteiger partial charge in [0.1, 0.15) is 0 Å². The van der Waals surface area contributed by atoms with E-state index in [0.29, 0.717) is 23.2 Å². The highest BCUT2D eigenvalue weighted by Gasteiger charge is 2.39. The lowest BCUT2D eigenvalue weighted by molar-refractivity contribution is -0.142. The minimum absolute atomic E-state index is 0.0281. The fourth-order valence-corrected chi connectivity index (χ4v) is 5.63. The zero-order valence-electron chi connectivity index (χ0n) is 18.4. The van der Waals surface area contributed by atoms with Crippen molar-refractivity contribution in [2.45, 2.75) is 71.6 Å². The van der Waals surface area contributed by atoms with Crippen molar-refractivity contribution in [1.29, 1.82) is 0 Å². The lowest BCUT2D eigenvalue weighted by atomic mass is 9.79. The molecule has 2 atom stereocenters.